The Morgan fingerprint density at radius 3 is 3.13 bits per heavy atom. The molecule has 0 aliphatic rings. The number of nitrogens with one attached hydrogen (secondary N) is 1. The number of H-pyrrole nitrogens is 1. The number of aromatic nitrogens is 2. The molecule has 0 atom stereocenters. The Kier molecular flexibility index (Phi) is 2.03. The summed E-state index contributed by atoms with van der Waals surface area (Å²) in [6.45, 7) is 0. The third-order valence-corrected chi connectivity index (χ3v) is 4.05. The van der Waals surface area contributed by atoms with Gasteiger partial charge >= 0.3 is 0 Å². The van der Waals surface area contributed by atoms with Crippen LogP contribution >= 0.6 is 33.9 Å². The number of rotatable bonds is 0. The largest absolute Gasteiger partial charge is 0.312 e. The lowest BCUT2D eigenvalue weighted by Crippen LogP contribution is -2.03. The monoisotopic (exact) mass is 328 g/mol. The molecule has 0 fully saturated rings. The van der Waals surface area contributed by atoms with Crippen molar-refractivity contribution in [3.8, 4) is 0 Å². The molecule has 5 heteroatoms. The van der Waals surface area contributed by atoms with Crippen molar-refractivity contribution in [1.82, 2.24) is 9.97 Å². The smallest absolute Gasteiger partial charge is 0.268 e. The molecule has 3 rings (SSSR count). The van der Waals surface area contributed by atoms with Crippen LogP contribution in [0.4, 0.5) is 0 Å². The van der Waals surface area contributed by atoms with Gasteiger partial charge in [-0.2, -0.15) is 0 Å². The van der Waals surface area contributed by atoms with E-state index in [-0.39, 0.29) is 5.56 Å². The molecule has 0 saturated carbocycles. The van der Waals surface area contributed by atoms with Gasteiger partial charge in [0, 0.05) is 13.7 Å². The molecule has 2 aromatic heterocycles. The topological polar surface area (TPSA) is 45.8 Å². The Bertz CT molecular complexity index is 716. The van der Waals surface area contributed by atoms with Crippen LogP contribution in [-0.4, -0.2) is 9.97 Å². The minimum Gasteiger partial charge on any atom is -0.312 e. The van der Waals surface area contributed by atoms with E-state index in [2.05, 4.69) is 38.6 Å². The number of hydrogen-bond donors (Lipinski definition) is 1. The van der Waals surface area contributed by atoms with E-state index in [1.165, 1.54) is 17.7 Å². The van der Waals surface area contributed by atoms with Crippen molar-refractivity contribution in [3.63, 3.8) is 0 Å². The van der Waals surface area contributed by atoms with E-state index in [0.717, 1.165) is 19.2 Å². The summed E-state index contributed by atoms with van der Waals surface area (Å²) in [7, 11) is 0. The van der Waals surface area contributed by atoms with Gasteiger partial charge in [-0.15, -0.1) is 11.3 Å². The number of thiophene rings is 1. The average Bonchev–Trinajstić information content (AvgIpc) is 2.58. The Hall–Kier alpha value is -0.950. The molecule has 0 radical (unpaired) electrons. The molecule has 74 valence electrons. The highest BCUT2D eigenvalue weighted by Crippen LogP contribution is 2.30. The van der Waals surface area contributed by atoms with Gasteiger partial charge in [-0.1, -0.05) is 0 Å². The first-order valence-electron chi connectivity index (χ1n) is 4.31. The highest BCUT2D eigenvalue weighted by Gasteiger charge is 2.08. The van der Waals surface area contributed by atoms with E-state index in [1.807, 2.05) is 12.1 Å². The first-order valence-corrected chi connectivity index (χ1v) is 6.21. The highest BCUT2D eigenvalue weighted by atomic mass is 127. The van der Waals surface area contributed by atoms with Crippen molar-refractivity contribution in [3.05, 3.63) is 38.5 Å². The summed E-state index contributed by atoms with van der Waals surface area (Å²) in [6, 6.07) is 6.12. The summed E-state index contributed by atoms with van der Waals surface area (Å²) in [5.41, 5.74) is 0.744. The zero-order chi connectivity index (χ0) is 10.4. The standard InChI is InChI=1S/C10H5IN2OS/c11-5-1-2-7-6(3-5)8-9(15-7)10(14)13-4-12-8/h1-4H,(H,12,13,14). The van der Waals surface area contributed by atoms with Crippen LogP contribution in [0.1, 0.15) is 0 Å². The lowest BCUT2D eigenvalue weighted by molar-refractivity contribution is 1.18. The Morgan fingerprint density at radius 1 is 1.40 bits per heavy atom. The molecule has 0 aliphatic carbocycles. The van der Waals surface area contributed by atoms with Gasteiger partial charge < -0.3 is 4.98 Å². The fraction of sp³-hybridized carbons (Fsp3) is 0. The van der Waals surface area contributed by atoms with Gasteiger partial charge in [-0.25, -0.2) is 4.98 Å². The van der Waals surface area contributed by atoms with E-state index in [0.29, 0.717) is 4.70 Å². The second-order valence-corrected chi connectivity index (χ2v) is 5.45. The van der Waals surface area contributed by atoms with Crippen molar-refractivity contribution >= 4 is 54.2 Å². The summed E-state index contributed by atoms with van der Waals surface area (Å²) >= 11 is 3.75. The van der Waals surface area contributed by atoms with E-state index >= 15 is 0 Å². The van der Waals surface area contributed by atoms with Crippen LogP contribution in [0.2, 0.25) is 0 Å². The Balaban J connectivity index is 2.64. The molecular weight excluding hydrogens is 323 g/mol. The highest BCUT2D eigenvalue weighted by molar-refractivity contribution is 14.1. The fourth-order valence-electron chi connectivity index (χ4n) is 1.56. The molecule has 15 heavy (non-hydrogen) atoms. The molecular formula is C10H5IN2OS. The van der Waals surface area contributed by atoms with Gasteiger partial charge in [-0.3, -0.25) is 4.79 Å². The summed E-state index contributed by atoms with van der Waals surface area (Å²) in [5, 5.41) is 1.06. The molecule has 0 spiro atoms. The second-order valence-electron chi connectivity index (χ2n) is 3.15. The predicted molar refractivity (Wildman–Crippen MR) is 70.5 cm³/mol. The van der Waals surface area contributed by atoms with Gasteiger partial charge in [0.15, 0.2) is 0 Å². The fourth-order valence-corrected chi connectivity index (χ4v) is 3.08. The second kappa shape index (κ2) is 3.28. The normalized spacial score (nSPS) is 11.3. The van der Waals surface area contributed by atoms with Gasteiger partial charge in [0.2, 0.25) is 0 Å². The molecule has 1 aromatic carbocycles. The molecule has 0 amide bonds. The third-order valence-electron chi connectivity index (χ3n) is 2.22. The average molecular weight is 328 g/mol. The van der Waals surface area contributed by atoms with Crippen LogP contribution in [0, 0.1) is 3.57 Å². The van der Waals surface area contributed by atoms with E-state index in [9.17, 15) is 4.79 Å². The maximum Gasteiger partial charge on any atom is 0.268 e. The number of fused-ring (bicyclic) bond motifs is 3. The molecule has 0 unspecified atom stereocenters. The van der Waals surface area contributed by atoms with E-state index < -0.39 is 0 Å². The number of aromatic amines is 1. The molecule has 0 aliphatic heterocycles. The summed E-state index contributed by atoms with van der Waals surface area (Å²) < 4.78 is 2.96. The SMILES string of the molecule is O=c1[nH]cnc2c1sc1ccc(I)cc12. The molecule has 1 N–H and O–H groups in total. The van der Waals surface area contributed by atoms with E-state index in [4.69, 9.17) is 0 Å². The maximum atomic E-state index is 11.5. The Morgan fingerprint density at radius 2 is 2.27 bits per heavy atom. The van der Waals surface area contributed by atoms with E-state index in [1.54, 1.807) is 0 Å². The molecule has 0 saturated heterocycles. The zero-order valence-electron chi connectivity index (χ0n) is 7.45. The van der Waals surface area contributed by atoms with Crippen molar-refractivity contribution in [2.45, 2.75) is 0 Å². The van der Waals surface area contributed by atoms with Crippen LogP contribution in [0.3, 0.4) is 0 Å². The quantitative estimate of drug-likeness (QED) is 0.645. The molecule has 2 heterocycles. The van der Waals surface area contributed by atoms with Crippen LogP contribution in [0.15, 0.2) is 29.3 Å². The van der Waals surface area contributed by atoms with Crippen LogP contribution in [-0.2, 0) is 0 Å². The van der Waals surface area contributed by atoms with Crippen LogP contribution in [0.25, 0.3) is 20.3 Å². The molecule has 3 nitrogen and oxygen atoms in total. The van der Waals surface area contributed by atoms with Gasteiger partial charge in [0.05, 0.1) is 11.8 Å². The lowest BCUT2D eigenvalue weighted by Gasteiger charge is -1.91. The summed E-state index contributed by atoms with van der Waals surface area (Å²) in [4.78, 5) is 18.4. The number of nitrogens with zero attached hydrogens (tertiary/aromatic N) is 1. The predicted octanol–water partition coefficient (Wildman–Crippen LogP) is 2.74. The minimum atomic E-state index is -0.0591. The first-order chi connectivity index (χ1) is 7.25. The third kappa shape index (κ3) is 1.37. The number of hydrogen-bond acceptors (Lipinski definition) is 3. The zero-order valence-corrected chi connectivity index (χ0v) is 10.4. The van der Waals surface area contributed by atoms with Crippen molar-refractivity contribution in [2.75, 3.05) is 0 Å². The number of benzene rings is 1. The van der Waals surface area contributed by atoms with Gasteiger partial charge in [-0.05, 0) is 40.8 Å². The lowest BCUT2D eigenvalue weighted by atomic mass is 10.2. The summed E-state index contributed by atoms with van der Waals surface area (Å²) in [5.74, 6) is 0. The van der Waals surface area contributed by atoms with Crippen LogP contribution in [0.5, 0.6) is 0 Å². The Labute approximate surface area is 102 Å². The molecule has 0 bridgehead atoms. The van der Waals surface area contributed by atoms with Crippen molar-refractivity contribution in [1.29, 1.82) is 0 Å². The minimum absolute atomic E-state index is 0.0591. The van der Waals surface area contributed by atoms with Crippen molar-refractivity contribution in [2.24, 2.45) is 0 Å². The van der Waals surface area contributed by atoms with Gasteiger partial charge in [0.25, 0.3) is 5.56 Å². The van der Waals surface area contributed by atoms with Crippen molar-refractivity contribution < 1.29 is 0 Å². The van der Waals surface area contributed by atoms with Crippen LogP contribution < -0.4 is 5.56 Å². The number of halogens is 1. The molecule has 3 aromatic rings. The first kappa shape index (κ1) is 9.29. The maximum absolute atomic E-state index is 11.5. The summed E-state index contributed by atoms with van der Waals surface area (Å²) in [6.07, 6.45) is 1.46. The van der Waals surface area contributed by atoms with Gasteiger partial charge in [0.1, 0.15) is 4.70 Å².